The van der Waals surface area contributed by atoms with Gasteiger partial charge in [-0.05, 0) is 54.5 Å². The highest BCUT2D eigenvalue weighted by Gasteiger charge is 2.37. The van der Waals surface area contributed by atoms with Crippen LogP contribution in [0.25, 0.3) is 0 Å². The molecule has 428 valence electrons. The van der Waals surface area contributed by atoms with Crippen LogP contribution in [-0.4, -0.2) is 70.3 Å². The molecule has 0 N–H and O–H groups in total. The number of piperazine rings is 1. The summed E-state index contributed by atoms with van der Waals surface area (Å²) in [6.45, 7) is 9.88. The SMILES string of the molecule is CC(=O)N1CCC(CC(=O)N2CCN(C(c3ccc(Cl)cc3)c3ccccn3)C[C@@H]2C(C)C)CC1.S=S=S=S=S=S=S=S=S=S=S=S=S=S=S=S=S=S=S=S=S=S=S=S=S=S=S=S=S=S=S=S=S=S=S=S=S=S=S=S. The maximum atomic E-state index is 13.5. The zero-order chi connectivity index (χ0) is 53.8. The third kappa shape index (κ3) is 39.1. The minimum Gasteiger partial charge on any atom is -0.343 e. The van der Waals surface area contributed by atoms with Crippen molar-refractivity contribution in [2.24, 2.45) is 11.8 Å². The van der Waals surface area contributed by atoms with Crippen molar-refractivity contribution < 1.29 is 9.59 Å². The van der Waals surface area contributed by atoms with E-state index < -0.39 is 0 Å². The second-order valence-electron chi connectivity index (χ2n) is 12.8. The number of carbonyl (C=O) groups is 2. The summed E-state index contributed by atoms with van der Waals surface area (Å²) in [6, 6.07) is 14.2. The number of likely N-dealkylation sites (tertiary alicyclic amines) is 1. The van der Waals surface area contributed by atoms with E-state index in [9.17, 15) is 9.59 Å². The van der Waals surface area contributed by atoms with E-state index in [0.29, 0.717) is 24.8 Å². The van der Waals surface area contributed by atoms with Crippen LogP contribution in [0.1, 0.15) is 57.3 Å². The van der Waals surface area contributed by atoms with Gasteiger partial charge < -0.3 is 9.80 Å². The Morgan fingerprint density at radius 1 is 0.547 bits per heavy atom. The van der Waals surface area contributed by atoms with Crippen molar-refractivity contribution in [2.45, 2.75) is 52.1 Å². The molecule has 2 aliphatic heterocycles. The van der Waals surface area contributed by atoms with Crippen molar-refractivity contribution in [1.29, 1.82) is 0 Å². The third-order valence-electron chi connectivity index (χ3n) is 8.61. The molecule has 1 aromatic carbocycles. The van der Waals surface area contributed by atoms with Crippen molar-refractivity contribution in [2.75, 3.05) is 32.7 Å². The lowest BCUT2D eigenvalue weighted by molar-refractivity contribution is -0.139. The van der Waals surface area contributed by atoms with Gasteiger partial charge in [0.2, 0.25) is 11.8 Å². The minimum absolute atomic E-state index is 0.0166. The fourth-order valence-corrected chi connectivity index (χ4v) is 105. The van der Waals surface area contributed by atoms with Gasteiger partial charge in [-0.3, -0.25) is 19.5 Å². The minimum atomic E-state index is 0.0166. The van der Waals surface area contributed by atoms with Crippen LogP contribution in [0.2, 0.25) is 5.02 Å². The first-order valence-corrected chi connectivity index (χ1v) is 71.7. The summed E-state index contributed by atoms with van der Waals surface area (Å²) < 4.78 is 0. The van der Waals surface area contributed by atoms with Crippen molar-refractivity contribution >= 4 is 383 Å². The van der Waals surface area contributed by atoms with Gasteiger partial charge in [-0.1, -0.05) is 43.6 Å². The van der Waals surface area contributed by atoms with E-state index in [-0.39, 0.29) is 23.9 Å². The van der Waals surface area contributed by atoms with E-state index in [1.165, 1.54) is 17.8 Å². The van der Waals surface area contributed by atoms with E-state index in [0.717, 1.165) is 55.3 Å². The summed E-state index contributed by atoms with van der Waals surface area (Å²) in [6.07, 6.45) is 4.25. The summed E-state index contributed by atoms with van der Waals surface area (Å²) in [5.41, 5.74) is 2.17. The number of amides is 2. The molecule has 3 heterocycles. The fraction of sp³-hybridized carbons (Fsp3) is 0.536. The summed E-state index contributed by atoms with van der Waals surface area (Å²) in [4.78, 5) is 36.3. The predicted octanol–water partition coefficient (Wildman–Crippen LogP) is 4.55. The highest BCUT2D eigenvalue weighted by molar-refractivity contribution is 8.81. The number of nitrogens with zero attached hydrogens (tertiary/aromatic N) is 4. The Labute approximate surface area is 562 Å². The molecule has 2 aromatic rings. The van der Waals surface area contributed by atoms with E-state index in [4.69, 9.17) is 34.0 Å². The molecule has 1 aromatic heterocycles. The Balaban J connectivity index is 0.000000397. The van der Waals surface area contributed by atoms with Crippen molar-refractivity contribution in [3.05, 3.63) is 64.9 Å². The van der Waals surface area contributed by atoms with Gasteiger partial charge in [0.25, 0.3) is 0 Å². The maximum absolute atomic E-state index is 13.5. The zero-order valence-electron chi connectivity index (χ0n) is 37.4. The smallest absolute Gasteiger partial charge is 0.223 e. The molecule has 2 amide bonds. The van der Waals surface area contributed by atoms with Gasteiger partial charge in [0.1, 0.15) is 0 Å². The number of pyridine rings is 1. The first kappa shape index (κ1) is 75.6. The number of piperidine rings is 1. The van der Waals surface area contributed by atoms with Crippen LogP contribution in [0, 0.1) is 11.8 Å². The van der Waals surface area contributed by atoms with Crippen LogP contribution >= 0.6 is 11.6 Å². The quantitative estimate of drug-likeness (QED) is 0.424. The van der Waals surface area contributed by atoms with Crippen LogP contribution in [0.3, 0.4) is 0 Å². The molecule has 0 bridgehead atoms. The molecule has 1 unspecified atom stereocenters. The van der Waals surface area contributed by atoms with E-state index in [1.807, 2.05) is 248 Å². The summed E-state index contributed by atoms with van der Waals surface area (Å²) >= 11 is 15.8. The van der Waals surface area contributed by atoms with E-state index in [1.54, 1.807) is 113 Å². The van der Waals surface area contributed by atoms with Crippen molar-refractivity contribution in [3.8, 4) is 0 Å². The number of aromatic nitrogens is 1. The Morgan fingerprint density at radius 2 is 0.920 bits per heavy atom. The van der Waals surface area contributed by atoms with Crippen molar-refractivity contribution in [3.63, 3.8) is 0 Å². The highest BCUT2D eigenvalue weighted by Crippen LogP contribution is 2.32. The van der Waals surface area contributed by atoms with Crippen LogP contribution in [0.15, 0.2) is 48.7 Å². The molecule has 2 aliphatic rings. The van der Waals surface area contributed by atoms with Gasteiger partial charge in [0, 0.05) is 423 Å². The number of carbonyl (C=O) groups excluding carboxylic acids is 2. The summed E-state index contributed by atoms with van der Waals surface area (Å²) in [5, 5.41) is 0.720. The predicted molar refractivity (Wildman–Crippen MR) is 434 cm³/mol. The van der Waals surface area contributed by atoms with Gasteiger partial charge in [0.05, 0.1) is 11.7 Å². The van der Waals surface area contributed by atoms with Gasteiger partial charge in [-0.25, -0.2) is 0 Å². The zero-order valence-corrected chi connectivity index (χ0v) is 70.8. The molecule has 6 nitrogen and oxygen atoms in total. The number of hydrogen-bond acceptors (Lipinski definition) is 6. The van der Waals surface area contributed by atoms with Gasteiger partial charge >= 0.3 is 0 Å². The van der Waals surface area contributed by atoms with Gasteiger partial charge in [-0.2, -0.15) is 0 Å². The Morgan fingerprint density at radius 3 is 1.24 bits per heavy atom. The molecule has 47 heteroatoms. The molecule has 0 spiro atoms. The fourth-order valence-electron chi connectivity index (χ4n) is 5.92. The lowest BCUT2D eigenvalue weighted by Crippen LogP contribution is -2.58. The standard InChI is InChI=1S/C28H37ClN4O2.S40/c1-20(2)26-19-32(28(25-6-4-5-13-30-25)23-7-9-24(29)10-8-23)16-17-33(26)27(35)18-22-11-14-31(15-12-22)21(3)34;1-3-5-7-9-11-13-15-17-19-21-23-25-27-29-31-33-35-37-39-40-38-36-34-32-30-28-26-24-22-20-18-16-14-12-10-8-6-4-2/h4-10,13,20,22,26,28H,11-12,14-19H2,1-3H3;/t26-,28?;/m1./s1. The van der Waals surface area contributed by atoms with Crippen LogP contribution in [0.5, 0.6) is 0 Å². The molecule has 75 heavy (non-hydrogen) atoms. The van der Waals surface area contributed by atoms with Crippen LogP contribution in [-0.2, 0) is 369 Å². The highest BCUT2D eigenvalue weighted by atomic mass is 35.5. The molecular weight excluding hydrogens is 1740 g/mol. The molecule has 0 radical (unpaired) electrons. The number of benzene rings is 1. The second kappa shape index (κ2) is 53.4. The lowest BCUT2D eigenvalue weighted by atomic mass is 9.91. The molecule has 2 fully saturated rings. The first-order chi connectivity index (χ1) is 36.7. The summed E-state index contributed by atoms with van der Waals surface area (Å²) in [5.74, 6) is 1.09. The Kier molecular flexibility index (Phi) is 53.8. The topological polar surface area (TPSA) is 56.8 Å². The molecule has 2 saturated heterocycles. The maximum Gasteiger partial charge on any atom is 0.223 e. The largest absolute Gasteiger partial charge is 0.343 e. The van der Waals surface area contributed by atoms with Crippen LogP contribution in [0.4, 0.5) is 0 Å². The van der Waals surface area contributed by atoms with E-state index >= 15 is 0 Å². The Hall–Kier alpha value is 6.36. The second-order valence-corrected chi connectivity index (χ2v) is 80.5. The van der Waals surface area contributed by atoms with E-state index in [2.05, 4.69) is 46.8 Å². The normalized spacial score (nSPS) is 13.8. The Bertz CT molecular complexity index is 3940. The van der Waals surface area contributed by atoms with Gasteiger partial charge in [-0.15, -0.1) is 0 Å². The molecule has 0 saturated carbocycles. The monoisotopic (exact) mass is 1780 g/mol. The molecular formula is C28H37ClN4O2S40. The lowest BCUT2D eigenvalue weighted by Gasteiger charge is -2.46. The first-order valence-electron chi connectivity index (χ1n) is 19.3. The summed E-state index contributed by atoms with van der Waals surface area (Å²) in [7, 11) is 67.4. The molecule has 0 aliphatic carbocycles. The van der Waals surface area contributed by atoms with Crippen molar-refractivity contribution in [1.82, 2.24) is 19.7 Å². The number of hydrogen-bond donors (Lipinski definition) is 0. The van der Waals surface area contributed by atoms with Gasteiger partial charge in [0.15, 0.2) is 0 Å². The number of halogens is 1. The third-order valence-corrected chi connectivity index (χ3v) is 91.1. The van der Waals surface area contributed by atoms with Crippen LogP contribution < -0.4 is 0 Å². The molecule has 4 rings (SSSR count). The number of rotatable bonds is 6. The molecule has 2 atom stereocenters. The average molecular weight is 1780 g/mol. The average Bonchev–Trinajstić information content (AvgIpc) is 3.42.